The van der Waals surface area contributed by atoms with Gasteiger partial charge in [-0.2, -0.15) is 0 Å². The summed E-state index contributed by atoms with van der Waals surface area (Å²) in [5.74, 6) is 5.66. The molecule has 5 heteroatoms. The Morgan fingerprint density at radius 1 is 1.56 bits per heavy atom. The Morgan fingerprint density at radius 2 is 2.25 bits per heavy atom. The first-order chi connectivity index (χ1) is 7.54. The van der Waals surface area contributed by atoms with E-state index >= 15 is 0 Å². The van der Waals surface area contributed by atoms with Gasteiger partial charge >= 0.3 is 0 Å². The number of amides is 1. The molecular formula is C11H15BrN2O2. The molecule has 1 aromatic carbocycles. The number of hydrogen-bond acceptors (Lipinski definition) is 3. The smallest absolute Gasteiger partial charge is 0.271 e. The van der Waals surface area contributed by atoms with Crippen molar-refractivity contribution >= 4 is 21.8 Å². The maximum Gasteiger partial charge on any atom is 0.271 e. The molecule has 1 aromatic rings. The van der Waals surface area contributed by atoms with Crippen molar-refractivity contribution in [1.82, 2.24) is 5.43 Å². The molecule has 0 aliphatic heterocycles. The third-order valence-corrected chi connectivity index (χ3v) is 2.61. The average Bonchev–Trinajstić information content (AvgIpc) is 2.26. The van der Waals surface area contributed by atoms with Crippen LogP contribution in [0.15, 0.2) is 22.7 Å². The van der Waals surface area contributed by atoms with Crippen LogP contribution in [0.1, 0.15) is 25.3 Å². The minimum absolute atomic E-state index is 0.0716. The fourth-order valence-corrected chi connectivity index (χ4v) is 1.67. The van der Waals surface area contributed by atoms with Crippen molar-refractivity contribution in [3.05, 3.63) is 28.2 Å². The van der Waals surface area contributed by atoms with Crippen LogP contribution in [-0.2, 0) is 4.79 Å². The lowest BCUT2D eigenvalue weighted by atomic mass is 10.0. The zero-order valence-electron chi connectivity index (χ0n) is 9.29. The molecule has 0 aliphatic rings. The number of carbonyl (C=O) groups is 1. The summed E-state index contributed by atoms with van der Waals surface area (Å²) in [7, 11) is 0. The highest BCUT2D eigenvalue weighted by Gasteiger charge is 2.09. The van der Waals surface area contributed by atoms with E-state index in [-0.39, 0.29) is 12.5 Å². The summed E-state index contributed by atoms with van der Waals surface area (Å²) in [4.78, 5) is 11.0. The number of benzene rings is 1. The highest BCUT2D eigenvalue weighted by atomic mass is 79.9. The van der Waals surface area contributed by atoms with Crippen molar-refractivity contribution in [3.8, 4) is 5.75 Å². The van der Waals surface area contributed by atoms with Crippen LogP contribution in [-0.4, -0.2) is 12.5 Å². The van der Waals surface area contributed by atoms with Crippen molar-refractivity contribution in [2.24, 2.45) is 5.84 Å². The van der Waals surface area contributed by atoms with Gasteiger partial charge in [-0.05, 0) is 29.7 Å². The lowest BCUT2D eigenvalue weighted by molar-refractivity contribution is -0.123. The molecule has 0 radical (unpaired) electrons. The maximum absolute atomic E-state index is 11.0. The van der Waals surface area contributed by atoms with Crippen molar-refractivity contribution in [3.63, 3.8) is 0 Å². The van der Waals surface area contributed by atoms with E-state index in [1.54, 1.807) is 0 Å². The number of ether oxygens (including phenoxy) is 1. The van der Waals surface area contributed by atoms with Crippen molar-refractivity contribution < 1.29 is 9.53 Å². The summed E-state index contributed by atoms with van der Waals surface area (Å²) < 4.78 is 6.39. The van der Waals surface area contributed by atoms with Gasteiger partial charge in [0, 0.05) is 4.47 Å². The average molecular weight is 287 g/mol. The van der Waals surface area contributed by atoms with Gasteiger partial charge in [0.25, 0.3) is 5.91 Å². The topological polar surface area (TPSA) is 64.3 Å². The van der Waals surface area contributed by atoms with Crippen LogP contribution >= 0.6 is 15.9 Å². The number of hydrogen-bond donors (Lipinski definition) is 2. The van der Waals surface area contributed by atoms with Gasteiger partial charge in [0.1, 0.15) is 5.75 Å². The normalized spacial score (nSPS) is 10.3. The van der Waals surface area contributed by atoms with Gasteiger partial charge in [-0.25, -0.2) is 5.84 Å². The molecule has 16 heavy (non-hydrogen) atoms. The Balaban J connectivity index is 2.82. The first kappa shape index (κ1) is 13.0. The minimum atomic E-state index is -0.349. The number of halogens is 1. The molecule has 0 saturated carbocycles. The molecule has 0 aliphatic carbocycles. The van der Waals surface area contributed by atoms with Crippen LogP contribution in [0.5, 0.6) is 5.75 Å². The lowest BCUT2D eigenvalue weighted by Gasteiger charge is -2.13. The van der Waals surface area contributed by atoms with Gasteiger partial charge in [0.05, 0.1) is 0 Å². The zero-order chi connectivity index (χ0) is 12.1. The summed E-state index contributed by atoms with van der Waals surface area (Å²) >= 11 is 3.40. The van der Waals surface area contributed by atoms with Crippen LogP contribution in [0.25, 0.3) is 0 Å². The molecule has 0 fully saturated rings. The second-order valence-corrected chi connectivity index (χ2v) is 4.61. The summed E-state index contributed by atoms with van der Waals surface area (Å²) in [5, 5.41) is 0. The maximum atomic E-state index is 11.0. The Kier molecular flexibility index (Phi) is 4.76. The molecule has 88 valence electrons. The summed E-state index contributed by atoms with van der Waals surface area (Å²) in [6, 6.07) is 5.70. The number of carbonyl (C=O) groups excluding carboxylic acids is 1. The minimum Gasteiger partial charge on any atom is -0.483 e. The SMILES string of the molecule is CC(C)c1cc(Br)ccc1OCC(=O)NN. The van der Waals surface area contributed by atoms with Gasteiger partial charge in [0.15, 0.2) is 6.61 Å². The first-order valence-electron chi connectivity index (χ1n) is 4.96. The molecule has 0 atom stereocenters. The number of rotatable bonds is 4. The van der Waals surface area contributed by atoms with E-state index < -0.39 is 0 Å². The molecule has 0 aromatic heterocycles. The number of nitrogens with one attached hydrogen (secondary N) is 1. The monoisotopic (exact) mass is 286 g/mol. The fraction of sp³-hybridized carbons (Fsp3) is 0.364. The van der Waals surface area contributed by atoms with E-state index in [0.717, 1.165) is 10.0 Å². The van der Waals surface area contributed by atoms with Crippen LogP contribution in [0, 0.1) is 0 Å². The van der Waals surface area contributed by atoms with E-state index in [1.165, 1.54) is 0 Å². The molecule has 0 spiro atoms. The van der Waals surface area contributed by atoms with E-state index in [9.17, 15) is 4.79 Å². The van der Waals surface area contributed by atoms with E-state index in [4.69, 9.17) is 10.6 Å². The molecule has 3 N–H and O–H groups in total. The molecule has 4 nitrogen and oxygen atoms in total. The molecule has 0 heterocycles. The van der Waals surface area contributed by atoms with E-state index in [1.807, 2.05) is 23.6 Å². The Hall–Kier alpha value is -1.07. The third kappa shape index (κ3) is 3.50. The Bertz CT molecular complexity index is 380. The third-order valence-electron chi connectivity index (χ3n) is 2.11. The second-order valence-electron chi connectivity index (χ2n) is 3.69. The van der Waals surface area contributed by atoms with Gasteiger partial charge in [-0.3, -0.25) is 10.2 Å². The summed E-state index contributed by atoms with van der Waals surface area (Å²) in [6.45, 7) is 4.06. The van der Waals surface area contributed by atoms with Gasteiger partial charge in [-0.15, -0.1) is 0 Å². The first-order valence-corrected chi connectivity index (χ1v) is 5.75. The van der Waals surface area contributed by atoms with Crippen molar-refractivity contribution in [2.75, 3.05) is 6.61 Å². The highest BCUT2D eigenvalue weighted by molar-refractivity contribution is 9.10. The van der Waals surface area contributed by atoms with E-state index in [2.05, 4.69) is 29.8 Å². The second kappa shape index (κ2) is 5.86. The Morgan fingerprint density at radius 3 is 2.81 bits per heavy atom. The molecular weight excluding hydrogens is 272 g/mol. The van der Waals surface area contributed by atoms with Crippen LogP contribution < -0.4 is 16.0 Å². The molecule has 1 rings (SSSR count). The van der Waals surface area contributed by atoms with Gasteiger partial charge < -0.3 is 4.74 Å². The molecule has 0 saturated heterocycles. The van der Waals surface area contributed by atoms with Crippen LogP contribution in [0.4, 0.5) is 0 Å². The predicted molar refractivity (Wildman–Crippen MR) is 66.1 cm³/mol. The standard InChI is InChI=1S/C11H15BrN2O2/c1-7(2)9-5-8(12)3-4-10(9)16-6-11(15)14-13/h3-5,7H,6,13H2,1-2H3,(H,14,15). The number of hydrazine groups is 1. The number of nitrogens with two attached hydrogens (primary N) is 1. The zero-order valence-corrected chi connectivity index (χ0v) is 10.9. The summed E-state index contributed by atoms with van der Waals surface area (Å²) in [5.41, 5.74) is 3.08. The molecule has 1 amide bonds. The van der Waals surface area contributed by atoms with Crippen LogP contribution in [0.3, 0.4) is 0 Å². The fourth-order valence-electron chi connectivity index (χ4n) is 1.29. The Labute approximate surface area is 103 Å². The largest absolute Gasteiger partial charge is 0.483 e. The molecule has 0 bridgehead atoms. The van der Waals surface area contributed by atoms with Crippen molar-refractivity contribution in [1.29, 1.82) is 0 Å². The quantitative estimate of drug-likeness (QED) is 0.505. The predicted octanol–water partition coefficient (Wildman–Crippen LogP) is 1.94. The summed E-state index contributed by atoms with van der Waals surface area (Å²) in [6.07, 6.45) is 0. The molecule has 0 unspecified atom stereocenters. The van der Waals surface area contributed by atoms with E-state index in [0.29, 0.717) is 11.7 Å². The van der Waals surface area contributed by atoms with Gasteiger partial charge in [0.2, 0.25) is 0 Å². The van der Waals surface area contributed by atoms with Gasteiger partial charge in [-0.1, -0.05) is 29.8 Å². The van der Waals surface area contributed by atoms with Crippen molar-refractivity contribution in [2.45, 2.75) is 19.8 Å². The lowest BCUT2D eigenvalue weighted by Crippen LogP contribution is -2.34. The highest BCUT2D eigenvalue weighted by Crippen LogP contribution is 2.29. The van der Waals surface area contributed by atoms with Crippen LogP contribution in [0.2, 0.25) is 0 Å².